The number of hydrogen-bond donors (Lipinski definition) is 1. The van der Waals surface area contributed by atoms with E-state index in [1.165, 1.54) is 0 Å². The van der Waals surface area contributed by atoms with E-state index in [-0.39, 0.29) is 11.7 Å². The van der Waals surface area contributed by atoms with Gasteiger partial charge in [0, 0.05) is 23.7 Å². The van der Waals surface area contributed by atoms with Crippen molar-refractivity contribution in [1.29, 1.82) is 5.41 Å². The minimum Gasteiger partial charge on any atom is -0.309 e. The van der Waals surface area contributed by atoms with Gasteiger partial charge < -0.3 is 4.57 Å². The van der Waals surface area contributed by atoms with E-state index in [9.17, 15) is 4.79 Å². The molecule has 1 N–H and O–H groups in total. The maximum atomic E-state index is 12.2. The van der Waals surface area contributed by atoms with Crippen LogP contribution in [0, 0.1) is 11.3 Å². The predicted octanol–water partition coefficient (Wildman–Crippen LogP) is 2.96. The molecular weight excluding hydrogens is 224 g/mol. The molecule has 0 atom stereocenters. The predicted molar refractivity (Wildman–Crippen MR) is 74.2 cm³/mol. The van der Waals surface area contributed by atoms with Gasteiger partial charge in [0.05, 0.1) is 0 Å². The first-order valence-corrected chi connectivity index (χ1v) is 6.25. The molecule has 0 amide bonds. The van der Waals surface area contributed by atoms with E-state index in [4.69, 9.17) is 5.41 Å². The number of allylic oxidation sites excluding steroid dienone is 1. The highest BCUT2D eigenvalue weighted by Gasteiger charge is 2.31. The topological polar surface area (TPSA) is 45.9 Å². The Morgan fingerprint density at radius 2 is 2.06 bits per heavy atom. The summed E-state index contributed by atoms with van der Waals surface area (Å²) in [5.74, 6) is 0.197. The second-order valence-electron chi connectivity index (χ2n) is 5.33. The fourth-order valence-electron chi connectivity index (χ4n) is 2.05. The van der Waals surface area contributed by atoms with E-state index in [0.29, 0.717) is 5.49 Å². The molecule has 0 aliphatic rings. The van der Waals surface area contributed by atoms with Gasteiger partial charge in [0.25, 0.3) is 0 Å². The fraction of sp³-hybridized carbons (Fsp3) is 0.467. The monoisotopic (exact) mass is 246 g/mol. The second kappa shape index (κ2) is 5.34. The number of hydrogen-bond acceptors (Lipinski definition) is 2. The van der Waals surface area contributed by atoms with Gasteiger partial charge >= 0.3 is 0 Å². The van der Waals surface area contributed by atoms with Crippen LogP contribution in [0.1, 0.15) is 40.2 Å². The van der Waals surface area contributed by atoms with Crippen LogP contribution >= 0.6 is 0 Å². The third-order valence-corrected chi connectivity index (χ3v) is 3.16. The van der Waals surface area contributed by atoms with E-state index in [2.05, 4.69) is 0 Å². The van der Waals surface area contributed by atoms with Gasteiger partial charge in [0.1, 0.15) is 11.3 Å². The molecule has 0 bridgehead atoms. The third-order valence-electron chi connectivity index (χ3n) is 3.16. The van der Waals surface area contributed by atoms with Crippen molar-refractivity contribution in [1.82, 2.24) is 4.57 Å². The van der Waals surface area contributed by atoms with Crippen LogP contribution in [-0.4, -0.2) is 10.4 Å². The summed E-state index contributed by atoms with van der Waals surface area (Å²) in [6.45, 7) is 9.57. The Hall–Kier alpha value is -1.64. The summed E-state index contributed by atoms with van der Waals surface area (Å²) in [6.07, 6.45) is 5.53. The summed E-state index contributed by atoms with van der Waals surface area (Å²) < 4.78 is 1.72. The lowest BCUT2D eigenvalue weighted by Gasteiger charge is -2.26. The number of pyridine rings is 1. The lowest BCUT2D eigenvalue weighted by Crippen LogP contribution is -2.34. The molecule has 0 aliphatic carbocycles. The number of nitrogens with one attached hydrogen (secondary N) is 1. The van der Waals surface area contributed by atoms with Crippen LogP contribution in [0.4, 0.5) is 0 Å². The Balaban J connectivity index is 3.23. The third kappa shape index (κ3) is 2.78. The highest BCUT2D eigenvalue weighted by Crippen LogP contribution is 2.26. The molecule has 0 saturated heterocycles. The van der Waals surface area contributed by atoms with Gasteiger partial charge in [-0.25, -0.2) is 0 Å². The molecule has 1 rings (SSSR count). The smallest absolute Gasteiger partial charge is 0.145 e. The SMILES string of the molecule is C/C=C\n1ccc(C(C)(C)C(=O)C(C)C)cc1=N. The van der Waals surface area contributed by atoms with Crippen molar-refractivity contribution in [3.8, 4) is 0 Å². The Bertz CT molecular complexity index is 522. The van der Waals surface area contributed by atoms with Crippen LogP contribution in [0.2, 0.25) is 0 Å². The highest BCUT2D eigenvalue weighted by molar-refractivity contribution is 5.90. The summed E-state index contributed by atoms with van der Waals surface area (Å²) >= 11 is 0. The zero-order valence-electron chi connectivity index (χ0n) is 11.8. The second-order valence-corrected chi connectivity index (χ2v) is 5.33. The van der Waals surface area contributed by atoms with Gasteiger partial charge in [-0.3, -0.25) is 10.2 Å². The first kappa shape index (κ1) is 14.4. The Morgan fingerprint density at radius 1 is 1.44 bits per heavy atom. The number of ketones is 1. The van der Waals surface area contributed by atoms with E-state index in [0.717, 1.165) is 5.56 Å². The quantitative estimate of drug-likeness (QED) is 0.872. The molecule has 1 aromatic heterocycles. The molecule has 3 nitrogen and oxygen atoms in total. The van der Waals surface area contributed by atoms with Gasteiger partial charge in [-0.1, -0.05) is 19.9 Å². The van der Waals surface area contributed by atoms with Gasteiger partial charge in [0.15, 0.2) is 0 Å². The first-order valence-electron chi connectivity index (χ1n) is 6.25. The van der Waals surface area contributed by atoms with Crippen molar-refractivity contribution >= 4 is 12.0 Å². The molecule has 0 aromatic carbocycles. The van der Waals surface area contributed by atoms with Crippen LogP contribution in [0.5, 0.6) is 0 Å². The molecule has 0 fully saturated rings. The average molecular weight is 246 g/mol. The maximum Gasteiger partial charge on any atom is 0.145 e. The molecule has 18 heavy (non-hydrogen) atoms. The molecule has 0 saturated carbocycles. The Kier molecular flexibility index (Phi) is 4.28. The average Bonchev–Trinajstić information content (AvgIpc) is 2.30. The Morgan fingerprint density at radius 3 is 2.50 bits per heavy atom. The number of carbonyl (C=O) groups is 1. The zero-order valence-corrected chi connectivity index (χ0v) is 11.8. The van der Waals surface area contributed by atoms with Crippen molar-refractivity contribution in [2.45, 2.75) is 40.0 Å². The van der Waals surface area contributed by atoms with Gasteiger partial charge in [0.2, 0.25) is 0 Å². The largest absolute Gasteiger partial charge is 0.309 e. The van der Waals surface area contributed by atoms with Crippen molar-refractivity contribution in [3.05, 3.63) is 35.5 Å². The lowest BCUT2D eigenvalue weighted by molar-refractivity contribution is -0.126. The molecule has 0 unspecified atom stereocenters. The fourth-order valence-corrected chi connectivity index (χ4v) is 2.05. The summed E-state index contributed by atoms with van der Waals surface area (Å²) in [5.41, 5.74) is 0.737. The van der Waals surface area contributed by atoms with Crippen LogP contribution < -0.4 is 5.49 Å². The summed E-state index contributed by atoms with van der Waals surface area (Å²) in [7, 11) is 0. The minimum atomic E-state index is -0.543. The lowest BCUT2D eigenvalue weighted by atomic mass is 9.77. The maximum absolute atomic E-state index is 12.2. The van der Waals surface area contributed by atoms with E-state index in [1.54, 1.807) is 10.6 Å². The van der Waals surface area contributed by atoms with Crippen LogP contribution in [0.15, 0.2) is 24.4 Å². The molecule has 1 aromatic rings. The molecule has 98 valence electrons. The van der Waals surface area contributed by atoms with Crippen molar-refractivity contribution in [2.75, 3.05) is 0 Å². The normalized spacial score (nSPS) is 12.3. The molecular formula is C15H22N2O. The highest BCUT2D eigenvalue weighted by atomic mass is 16.1. The molecule has 1 heterocycles. The van der Waals surface area contributed by atoms with E-state index >= 15 is 0 Å². The number of carbonyl (C=O) groups excluding carboxylic acids is 1. The van der Waals surface area contributed by atoms with Gasteiger partial charge in [-0.05, 0) is 38.5 Å². The number of nitrogens with zero attached hydrogens (tertiary/aromatic N) is 1. The first-order chi connectivity index (χ1) is 8.30. The minimum absolute atomic E-state index is 0.00273. The van der Waals surface area contributed by atoms with Crippen molar-refractivity contribution in [2.24, 2.45) is 5.92 Å². The molecule has 0 aliphatic heterocycles. The number of aromatic nitrogens is 1. The summed E-state index contributed by atoms with van der Waals surface area (Å²) in [6, 6.07) is 3.68. The number of Topliss-reactive ketones (excluding diaryl/α,β-unsaturated/α-hetero) is 1. The van der Waals surface area contributed by atoms with Crippen molar-refractivity contribution in [3.63, 3.8) is 0 Å². The van der Waals surface area contributed by atoms with Crippen LogP contribution in [-0.2, 0) is 10.2 Å². The van der Waals surface area contributed by atoms with Gasteiger partial charge in [-0.15, -0.1) is 0 Å². The molecule has 3 heteroatoms. The standard InChI is InChI=1S/C15H22N2O/c1-6-8-17-9-7-12(10-13(17)16)15(4,5)14(18)11(2)3/h6-11,16H,1-5H3/b8-6-,16-13?. The number of rotatable bonds is 4. The van der Waals surface area contributed by atoms with Gasteiger partial charge in [-0.2, -0.15) is 0 Å². The molecule has 0 spiro atoms. The van der Waals surface area contributed by atoms with E-state index in [1.807, 2.05) is 59.2 Å². The van der Waals surface area contributed by atoms with Crippen LogP contribution in [0.3, 0.4) is 0 Å². The van der Waals surface area contributed by atoms with Crippen LogP contribution in [0.25, 0.3) is 6.20 Å². The molecule has 0 radical (unpaired) electrons. The van der Waals surface area contributed by atoms with E-state index < -0.39 is 5.41 Å². The summed E-state index contributed by atoms with van der Waals surface area (Å²) in [4.78, 5) is 12.2. The van der Waals surface area contributed by atoms with Crippen molar-refractivity contribution < 1.29 is 4.79 Å². The zero-order chi connectivity index (χ0) is 13.9. The Labute approximate surface area is 109 Å². The summed E-state index contributed by atoms with van der Waals surface area (Å²) in [5, 5.41) is 7.94.